The van der Waals surface area contributed by atoms with Crippen molar-refractivity contribution in [3.05, 3.63) is 84.6 Å². The van der Waals surface area contributed by atoms with Crippen molar-refractivity contribution >= 4 is 12.2 Å². The summed E-state index contributed by atoms with van der Waals surface area (Å²) >= 11 is 0. The van der Waals surface area contributed by atoms with Crippen LogP contribution in [0.2, 0.25) is 0 Å². The van der Waals surface area contributed by atoms with Crippen LogP contribution in [0.3, 0.4) is 0 Å². The number of hydrogen-bond donors (Lipinski definition) is 2. The van der Waals surface area contributed by atoms with E-state index in [4.69, 9.17) is 4.42 Å². The Balaban J connectivity index is 2.12. The van der Waals surface area contributed by atoms with Gasteiger partial charge in [-0.2, -0.15) is 0 Å². The highest BCUT2D eigenvalue weighted by molar-refractivity contribution is 5.50. The summed E-state index contributed by atoms with van der Waals surface area (Å²) in [6.45, 7) is 5.28. The predicted octanol–water partition coefficient (Wildman–Crippen LogP) is 1.48. The summed E-state index contributed by atoms with van der Waals surface area (Å²) in [7, 11) is 0. The van der Waals surface area contributed by atoms with Crippen molar-refractivity contribution in [2.45, 2.75) is 32.9 Å². The van der Waals surface area contributed by atoms with E-state index in [0.29, 0.717) is 22.6 Å². The fourth-order valence-corrected chi connectivity index (χ4v) is 2.68. The number of benzene rings is 1. The van der Waals surface area contributed by atoms with E-state index in [0.717, 1.165) is 0 Å². The summed E-state index contributed by atoms with van der Waals surface area (Å²) < 4.78 is 18.2. The second kappa shape index (κ2) is 7.19. The first-order valence-corrected chi connectivity index (χ1v) is 8.43. The second-order valence-electron chi connectivity index (χ2n) is 7.22. The molecule has 0 unspecified atom stereocenters. The zero-order chi connectivity index (χ0) is 19.6. The maximum atomic E-state index is 12.8. The number of nitrogens with one attached hydrogen (secondary N) is 2. The van der Waals surface area contributed by atoms with Crippen LogP contribution < -0.4 is 21.8 Å². The Labute approximate surface area is 154 Å². The van der Waals surface area contributed by atoms with Gasteiger partial charge in [0.1, 0.15) is 28.8 Å². The van der Waals surface area contributed by atoms with E-state index in [1.165, 1.54) is 18.5 Å². The smallest absolute Gasteiger partial charge is 0.272 e. The third kappa shape index (κ3) is 4.13. The van der Waals surface area contributed by atoms with Crippen LogP contribution in [0.15, 0.2) is 44.7 Å². The first-order chi connectivity index (χ1) is 12.8. The zero-order valence-corrected chi connectivity index (χ0v) is 15.3. The molecule has 6 nitrogen and oxygen atoms in total. The molecule has 2 N–H and O–H groups in total. The van der Waals surface area contributed by atoms with Gasteiger partial charge in [-0.1, -0.05) is 39.0 Å². The molecule has 0 aliphatic rings. The molecule has 0 radical (unpaired) electrons. The molecule has 27 heavy (non-hydrogen) atoms. The highest BCUT2D eigenvalue weighted by atomic mass is 19.1. The molecule has 0 atom stereocenters. The quantitative estimate of drug-likeness (QED) is 0.731. The molecule has 2 aromatic heterocycles. The number of H-pyrrole nitrogens is 2. The molecular weight excluding hydrogens is 349 g/mol. The average molecular weight is 369 g/mol. The van der Waals surface area contributed by atoms with Gasteiger partial charge in [0.2, 0.25) is 0 Å². The van der Waals surface area contributed by atoms with Gasteiger partial charge in [0.25, 0.3) is 11.1 Å². The van der Waals surface area contributed by atoms with Crippen molar-refractivity contribution in [2.24, 2.45) is 0 Å². The highest BCUT2D eigenvalue weighted by Crippen LogP contribution is 2.25. The Kier molecular flexibility index (Phi) is 4.94. The van der Waals surface area contributed by atoms with Gasteiger partial charge in [-0.15, -0.1) is 0 Å². The number of halogens is 1. The number of oxazole rings is 1. The van der Waals surface area contributed by atoms with Crippen LogP contribution in [-0.2, 0) is 12.1 Å². The van der Waals surface area contributed by atoms with E-state index in [1.807, 2.05) is 20.8 Å². The lowest BCUT2D eigenvalue weighted by Crippen LogP contribution is -2.46. The van der Waals surface area contributed by atoms with Crippen molar-refractivity contribution in [1.82, 2.24) is 15.0 Å². The summed E-state index contributed by atoms with van der Waals surface area (Å²) in [4.78, 5) is 34.0. The van der Waals surface area contributed by atoms with E-state index in [1.54, 1.807) is 24.3 Å². The minimum absolute atomic E-state index is 0.0778. The molecule has 0 fully saturated rings. The summed E-state index contributed by atoms with van der Waals surface area (Å²) in [6.07, 6.45) is 4.29. The predicted molar refractivity (Wildman–Crippen MR) is 101 cm³/mol. The molecule has 0 amide bonds. The van der Waals surface area contributed by atoms with Gasteiger partial charge in [0.05, 0.1) is 0 Å². The van der Waals surface area contributed by atoms with Crippen LogP contribution in [0.4, 0.5) is 4.39 Å². The van der Waals surface area contributed by atoms with Crippen LogP contribution in [0, 0.1) is 0 Å². The number of nitrogens with zero attached hydrogens (tertiary/aromatic N) is 1. The monoisotopic (exact) mass is 369 g/mol. The topological polar surface area (TPSA) is 91.8 Å². The molecule has 0 bridgehead atoms. The van der Waals surface area contributed by atoms with Crippen LogP contribution in [0.5, 0.6) is 0 Å². The molecule has 7 heteroatoms. The number of rotatable bonds is 3. The van der Waals surface area contributed by atoms with Crippen molar-refractivity contribution in [1.29, 1.82) is 0 Å². The molecule has 3 rings (SSSR count). The molecule has 2 heterocycles. The molecule has 1 aromatic carbocycles. The lowest BCUT2D eigenvalue weighted by Gasteiger charge is -2.14. The number of aromatic nitrogens is 3. The molecule has 0 saturated heterocycles. The Morgan fingerprint density at radius 1 is 1.11 bits per heavy atom. The minimum Gasteiger partial charge on any atom is -0.447 e. The van der Waals surface area contributed by atoms with E-state index >= 15 is 0 Å². The molecule has 140 valence electrons. The Morgan fingerprint density at radius 3 is 2.41 bits per heavy atom. The Bertz CT molecular complexity index is 1200. The van der Waals surface area contributed by atoms with Crippen molar-refractivity contribution in [3.63, 3.8) is 0 Å². The number of hydrogen-bond acceptors (Lipinski definition) is 4. The standard InChI is InChI=1S/C20H20FN3O3/c1-20(2,3)17-14(22-11-27-17)9-16-19(26)23-15(18(25)24-16)8-12-5-4-6-13(7-12)10-21/h4-9,11H,10H2,1-3H3,(H,23,26)(H,24,25)/b15-8-,16-9-. The molecule has 0 aliphatic carbocycles. The molecule has 3 aromatic rings. The van der Waals surface area contributed by atoms with Gasteiger partial charge in [-0.25, -0.2) is 9.37 Å². The van der Waals surface area contributed by atoms with Crippen molar-refractivity contribution in [2.75, 3.05) is 0 Å². The summed E-state index contributed by atoms with van der Waals surface area (Å²) in [5.74, 6) is 0.612. The van der Waals surface area contributed by atoms with Crippen LogP contribution >= 0.6 is 0 Å². The van der Waals surface area contributed by atoms with Crippen molar-refractivity contribution in [3.8, 4) is 0 Å². The zero-order valence-electron chi connectivity index (χ0n) is 15.3. The average Bonchev–Trinajstić information content (AvgIpc) is 3.08. The Morgan fingerprint density at radius 2 is 1.78 bits per heavy atom. The van der Waals surface area contributed by atoms with E-state index in [2.05, 4.69) is 15.0 Å². The van der Waals surface area contributed by atoms with Crippen molar-refractivity contribution < 1.29 is 8.81 Å². The normalized spacial score (nSPS) is 13.3. The van der Waals surface area contributed by atoms with E-state index in [9.17, 15) is 14.0 Å². The molecule has 0 aliphatic heterocycles. The summed E-state index contributed by atoms with van der Waals surface area (Å²) in [6, 6.07) is 6.67. The lowest BCUT2D eigenvalue weighted by molar-refractivity contribution is 0.407. The van der Waals surface area contributed by atoms with Crippen LogP contribution in [-0.4, -0.2) is 15.0 Å². The van der Waals surface area contributed by atoms with Gasteiger partial charge in [0, 0.05) is 5.41 Å². The summed E-state index contributed by atoms with van der Waals surface area (Å²) in [5.41, 5.74) is 0.362. The minimum atomic E-state index is -0.601. The number of aromatic amines is 2. The van der Waals surface area contributed by atoms with Gasteiger partial charge in [0.15, 0.2) is 6.39 Å². The molecule has 0 saturated carbocycles. The maximum absolute atomic E-state index is 12.8. The largest absolute Gasteiger partial charge is 0.447 e. The molecular formula is C20H20FN3O3. The van der Waals surface area contributed by atoms with Crippen LogP contribution in [0.25, 0.3) is 12.2 Å². The highest BCUT2D eigenvalue weighted by Gasteiger charge is 2.21. The Hall–Kier alpha value is -3.22. The number of alkyl halides is 1. The van der Waals surface area contributed by atoms with Gasteiger partial charge < -0.3 is 14.4 Å². The van der Waals surface area contributed by atoms with Crippen LogP contribution in [0.1, 0.15) is 43.4 Å². The third-order valence-corrected chi connectivity index (χ3v) is 3.96. The third-order valence-electron chi connectivity index (χ3n) is 3.96. The van der Waals surface area contributed by atoms with E-state index in [-0.39, 0.29) is 16.1 Å². The molecule has 0 spiro atoms. The second-order valence-corrected chi connectivity index (χ2v) is 7.22. The van der Waals surface area contributed by atoms with Gasteiger partial charge >= 0.3 is 0 Å². The first kappa shape index (κ1) is 18.6. The SMILES string of the molecule is CC(C)(C)c1ocnc1/C=c1\[nH]c(=O)/c(=C/c2cccc(CF)c2)[nH]c1=O. The maximum Gasteiger partial charge on any atom is 0.272 e. The summed E-state index contributed by atoms with van der Waals surface area (Å²) in [5, 5.41) is 0.165. The van der Waals surface area contributed by atoms with Gasteiger partial charge in [-0.05, 0) is 29.3 Å². The fraction of sp³-hybridized carbons (Fsp3) is 0.250. The van der Waals surface area contributed by atoms with E-state index < -0.39 is 17.8 Å². The fourth-order valence-electron chi connectivity index (χ4n) is 2.68. The first-order valence-electron chi connectivity index (χ1n) is 8.43. The van der Waals surface area contributed by atoms with Gasteiger partial charge in [-0.3, -0.25) is 9.59 Å². The lowest BCUT2D eigenvalue weighted by atomic mass is 9.92.